The Morgan fingerprint density at radius 1 is 1.06 bits per heavy atom. The van der Waals surface area contributed by atoms with Crippen LogP contribution in [0.4, 0.5) is 0 Å². The average Bonchev–Trinajstić information content (AvgIpc) is 3.24. The molecule has 1 heterocycles. The van der Waals surface area contributed by atoms with Gasteiger partial charge in [0, 0.05) is 23.9 Å². The van der Waals surface area contributed by atoms with Crippen LogP contribution in [0.25, 0.3) is 0 Å². The Hall–Kier alpha value is 0.270. The molecule has 0 aromatic heterocycles. The van der Waals surface area contributed by atoms with Crippen LogP contribution in [-0.4, -0.2) is 48.1 Å². The molecule has 1 aliphatic heterocycles. The highest BCUT2D eigenvalue weighted by molar-refractivity contribution is 7.99. The molecule has 3 aliphatic rings. The Kier molecular flexibility index (Phi) is 4.53. The van der Waals surface area contributed by atoms with E-state index in [1.807, 2.05) is 0 Å². The predicted octanol–water partition coefficient (Wildman–Crippen LogP) is 2.73. The Morgan fingerprint density at radius 3 is 2.67 bits per heavy atom. The molecule has 2 aliphatic carbocycles. The van der Waals surface area contributed by atoms with Gasteiger partial charge in [-0.3, -0.25) is 4.90 Å². The number of nitrogens with zero attached hydrogens (tertiary/aromatic N) is 1. The number of thioether (sulfide) groups is 1. The van der Waals surface area contributed by atoms with Crippen molar-refractivity contribution in [2.45, 2.75) is 62.3 Å². The molecule has 2 nitrogen and oxygen atoms in total. The van der Waals surface area contributed by atoms with Crippen molar-refractivity contribution in [1.82, 2.24) is 10.2 Å². The largest absolute Gasteiger partial charge is 0.312 e. The molecule has 0 radical (unpaired) electrons. The molecule has 18 heavy (non-hydrogen) atoms. The third-order valence-electron chi connectivity index (χ3n) is 5.09. The van der Waals surface area contributed by atoms with Crippen molar-refractivity contribution in [3.05, 3.63) is 0 Å². The Bertz CT molecular complexity index is 267. The van der Waals surface area contributed by atoms with Crippen molar-refractivity contribution in [3.63, 3.8) is 0 Å². The average molecular weight is 268 g/mol. The van der Waals surface area contributed by atoms with Crippen molar-refractivity contribution >= 4 is 11.8 Å². The minimum Gasteiger partial charge on any atom is -0.312 e. The van der Waals surface area contributed by atoms with Crippen molar-refractivity contribution in [2.75, 3.05) is 25.9 Å². The molecule has 0 amide bonds. The van der Waals surface area contributed by atoms with E-state index >= 15 is 0 Å². The molecule has 3 atom stereocenters. The second-order valence-corrected chi connectivity index (χ2v) is 7.45. The first-order valence-corrected chi connectivity index (χ1v) is 9.17. The lowest BCUT2D eigenvalue weighted by Gasteiger charge is -2.40. The molecule has 3 unspecified atom stereocenters. The van der Waals surface area contributed by atoms with Crippen molar-refractivity contribution in [2.24, 2.45) is 5.92 Å². The number of rotatable bonds is 3. The number of hydrogen-bond donors (Lipinski definition) is 1. The minimum atomic E-state index is 0.803. The predicted molar refractivity (Wildman–Crippen MR) is 80.3 cm³/mol. The topological polar surface area (TPSA) is 15.3 Å². The van der Waals surface area contributed by atoms with E-state index in [-0.39, 0.29) is 0 Å². The normalized spacial score (nSPS) is 39.5. The van der Waals surface area contributed by atoms with Gasteiger partial charge < -0.3 is 5.32 Å². The fourth-order valence-corrected chi connectivity index (χ4v) is 4.89. The summed E-state index contributed by atoms with van der Waals surface area (Å²) in [5.41, 5.74) is 0. The van der Waals surface area contributed by atoms with Gasteiger partial charge in [0.1, 0.15) is 0 Å². The van der Waals surface area contributed by atoms with Crippen molar-refractivity contribution in [1.29, 1.82) is 0 Å². The monoisotopic (exact) mass is 268 g/mol. The van der Waals surface area contributed by atoms with Crippen LogP contribution in [0.3, 0.4) is 0 Å². The van der Waals surface area contributed by atoms with E-state index in [0.717, 1.165) is 23.3 Å². The molecular formula is C15H28N2S. The number of nitrogens with one attached hydrogen (secondary N) is 1. The van der Waals surface area contributed by atoms with Crippen LogP contribution < -0.4 is 5.32 Å². The molecule has 3 heteroatoms. The third kappa shape index (κ3) is 3.05. The molecular weight excluding hydrogens is 240 g/mol. The Labute approximate surface area is 116 Å². The summed E-state index contributed by atoms with van der Waals surface area (Å²) in [4.78, 5) is 2.85. The molecule has 1 saturated heterocycles. The Balaban J connectivity index is 1.64. The first kappa shape index (κ1) is 13.3. The summed E-state index contributed by atoms with van der Waals surface area (Å²) in [6.45, 7) is 3.90. The smallest absolute Gasteiger partial charge is 0.0223 e. The van der Waals surface area contributed by atoms with Gasteiger partial charge >= 0.3 is 0 Å². The van der Waals surface area contributed by atoms with E-state index in [1.165, 1.54) is 64.6 Å². The lowest BCUT2D eigenvalue weighted by atomic mass is 9.93. The molecule has 3 fully saturated rings. The van der Waals surface area contributed by atoms with Gasteiger partial charge in [-0.1, -0.05) is 12.8 Å². The first-order chi connectivity index (χ1) is 8.88. The maximum absolute atomic E-state index is 3.80. The van der Waals surface area contributed by atoms with Crippen LogP contribution >= 0.6 is 11.8 Å². The first-order valence-electron chi connectivity index (χ1n) is 7.88. The molecule has 104 valence electrons. The summed E-state index contributed by atoms with van der Waals surface area (Å²) in [5.74, 6) is 1.00. The van der Waals surface area contributed by atoms with Crippen molar-refractivity contribution in [3.8, 4) is 0 Å². The van der Waals surface area contributed by atoms with Crippen LogP contribution in [0.2, 0.25) is 0 Å². The van der Waals surface area contributed by atoms with E-state index in [2.05, 4.69) is 28.2 Å². The summed E-state index contributed by atoms with van der Waals surface area (Å²) < 4.78 is 0. The molecule has 1 N–H and O–H groups in total. The van der Waals surface area contributed by atoms with Crippen LogP contribution in [-0.2, 0) is 0 Å². The fraction of sp³-hybridized carbons (Fsp3) is 1.00. The highest BCUT2D eigenvalue weighted by atomic mass is 32.2. The van der Waals surface area contributed by atoms with Gasteiger partial charge in [0.25, 0.3) is 0 Å². The van der Waals surface area contributed by atoms with Gasteiger partial charge in [-0.2, -0.15) is 11.8 Å². The number of hydrogen-bond acceptors (Lipinski definition) is 3. The van der Waals surface area contributed by atoms with Gasteiger partial charge in [-0.05, 0) is 57.4 Å². The van der Waals surface area contributed by atoms with E-state index < -0.39 is 0 Å². The molecule has 3 rings (SSSR count). The molecule has 0 spiro atoms. The third-order valence-corrected chi connectivity index (χ3v) is 6.25. The Morgan fingerprint density at radius 2 is 1.89 bits per heavy atom. The standard InChI is InChI=1S/C15H28N2S/c1-18-15-6-3-2-5-14(15)17-10-4-9-16-13(11-17)12-7-8-12/h12-16H,2-11H2,1H3. The summed E-state index contributed by atoms with van der Waals surface area (Å²) in [7, 11) is 0. The fourth-order valence-electron chi connectivity index (χ4n) is 3.86. The van der Waals surface area contributed by atoms with Crippen LogP contribution in [0, 0.1) is 5.92 Å². The highest BCUT2D eigenvalue weighted by Gasteiger charge is 2.36. The second kappa shape index (κ2) is 6.15. The van der Waals surface area contributed by atoms with Gasteiger partial charge in [0.15, 0.2) is 0 Å². The van der Waals surface area contributed by atoms with E-state index in [9.17, 15) is 0 Å². The SMILES string of the molecule is CSC1CCCCC1N1CCCNC(C2CC2)C1. The molecule has 0 aromatic carbocycles. The van der Waals surface area contributed by atoms with Crippen LogP contribution in [0.1, 0.15) is 44.9 Å². The van der Waals surface area contributed by atoms with Gasteiger partial charge in [-0.25, -0.2) is 0 Å². The lowest BCUT2D eigenvalue weighted by Crippen LogP contribution is -2.48. The van der Waals surface area contributed by atoms with E-state index in [4.69, 9.17) is 0 Å². The maximum Gasteiger partial charge on any atom is 0.0223 e. The molecule has 2 saturated carbocycles. The maximum atomic E-state index is 3.80. The summed E-state index contributed by atoms with van der Waals surface area (Å²) in [5, 5.41) is 4.70. The van der Waals surface area contributed by atoms with Crippen LogP contribution in [0.5, 0.6) is 0 Å². The van der Waals surface area contributed by atoms with Gasteiger partial charge in [0.05, 0.1) is 0 Å². The van der Waals surface area contributed by atoms with E-state index in [1.54, 1.807) is 0 Å². The second-order valence-electron chi connectivity index (χ2n) is 6.37. The van der Waals surface area contributed by atoms with Gasteiger partial charge in [-0.15, -0.1) is 0 Å². The lowest BCUT2D eigenvalue weighted by molar-refractivity contribution is 0.155. The highest BCUT2D eigenvalue weighted by Crippen LogP contribution is 2.36. The quantitative estimate of drug-likeness (QED) is 0.847. The van der Waals surface area contributed by atoms with E-state index in [0.29, 0.717) is 0 Å². The van der Waals surface area contributed by atoms with Gasteiger partial charge in [0.2, 0.25) is 0 Å². The summed E-state index contributed by atoms with van der Waals surface area (Å²) in [6, 6.07) is 1.67. The summed E-state index contributed by atoms with van der Waals surface area (Å²) >= 11 is 2.12. The minimum absolute atomic E-state index is 0.803. The zero-order chi connectivity index (χ0) is 12.4. The zero-order valence-corrected chi connectivity index (χ0v) is 12.6. The van der Waals surface area contributed by atoms with Crippen LogP contribution in [0.15, 0.2) is 0 Å². The van der Waals surface area contributed by atoms with Crippen molar-refractivity contribution < 1.29 is 0 Å². The zero-order valence-electron chi connectivity index (χ0n) is 11.7. The summed E-state index contributed by atoms with van der Waals surface area (Å²) in [6.07, 6.45) is 12.4. The molecule has 0 bridgehead atoms. The molecule has 0 aromatic rings.